The van der Waals surface area contributed by atoms with Crippen molar-refractivity contribution in [1.82, 2.24) is 0 Å². The molecule has 0 aromatic heterocycles. The fraction of sp³-hybridized carbons (Fsp3) is 0.300. The summed E-state index contributed by atoms with van der Waals surface area (Å²) >= 11 is 0. The predicted octanol–water partition coefficient (Wildman–Crippen LogP) is 1.76. The van der Waals surface area contributed by atoms with Crippen LogP contribution in [0.2, 0.25) is 0 Å². The average molecular weight is 238 g/mol. The fourth-order valence-corrected chi connectivity index (χ4v) is 1.69. The lowest BCUT2D eigenvalue weighted by Crippen LogP contribution is -2.05. The number of carbonyl (C=O) groups excluding carboxylic acids is 1. The summed E-state index contributed by atoms with van der Waals surface area (Å²) in [5.74, 6) is -1.80. The molecule has 0 amide bonds. The fourth-order valence-electron chi connectivity index (χ4n) is 1.69. The molecule has 1 aromatic carbocycles. The van der Waals surface area contributed by atoms with Crippen LogP contribution in [0.25, 0.3) is 0 Å². The number of hydrogen-bond donors (Lipinski definition) is 1. The molecule has 0 radical (unpaired) electrons. The minimum atomic E-state index is -1.10. The molecule has 0 bridgehead atoms. The predicted molar refractivity (Wildman–Crippen MR) is 53.8 cm³/mol. The van der Waals surface area contributed by atoms with Gasteiger partial charge in [-0.3, -0.25) is 10.1 Å². The number of phenolic OH excluding ortho intramolecular Hbond substituents is 1. The van der Waals surface area contributed by atoms with E-state index in [9.17, 15) is 24.4 Å². The van der Waals surface area contributed by atoms with Gasteiger partial charge >= 0.3 is 0 Å². The molecule has 7 heteroatoms. The number of aliphatic imine (C=N–C) groups is 1. The second-order valence-electron chi connectivity index (χ2n) is 3.82. The number of benzene rings is 1. The number of isocyanates is 1. The number of non-ortho nitro benzene ring substituents is 1. The first-order valence-electron chi connectivity index (χ1n) is 4.76. The molecule has 0 saturated heterocycles. The van der Waals surface area contributed by atoms with Crippen molar-refractivity contribution in [3.05, 3.63) is 33.6 Å². The third-order valence-corrected chi connectivity index (χ3v) is 2.74. The maximum absolute atomic E-state index is 13.3. The van der Waals surface area contributed by atoms with E-state index in [1.54, 1.807) is 0 Å². The maximum Gasteiger partial charge on any atom is 0.273 e. The van der Waals surface area contributed by atoms with Crippen LogP contribution in [-0.4, -0.2) is 16.1 Å². The Balaban J connectivity index is 2.61. The molecule has 6 nitrogen and oxygen atoms in total. The second-order valence-corrected chi connectivity index (χ2v) is 3.82. The number of nitro groups is 1. The summed E-state index contributed by atoms with van der Waals surface area (Å²) in [5, 5.41) is 20.1. The zero-order valence-electron chi connectivity index (χ0n) is 8.51. The Morgan fingerprint density at radius 3 is 2.65 bits per heavy atom. The highest BCUT2D eigenvalue weighted by Gasteiger charge is 2.48. The van der Waals surface area contributed by atoms with Gasteiger partial charge in [0.15, 0.2) is 11.6 Å². The van der Waals surface area contributed by atoms with E-state index >= 15 is 0 Å². The minimum absolute atomic E-state index is 0.0347. The zero-order valence-corrected chi connectivity index (χ0v) is 8.51. The zero-order chi connectivity index (χ0) is 12.6. The van der Waals surface area contributed by atoms with Crippen LogP contribution in [0, 0.1) is 15.9 Å². The number of nitrogens with zero attached hydrogens (tertiary/aromatic N) is 2. The molecule has 0 unspecified atom stereocenters. The molecule has 1 aliphatic rings. The van der Waals surface area contributed by atoms with E-state index in [0.717, 1.165) is 6.07 Å². The minimum Gasteiger partial charge on any atom is -0.505 e. The van der Waals surface area contributed by atoms with E-state index in [-0.39, 0.29) is 5.56 Å². The number of rotatable bonds is 3. The molecular formula is C10H7FN2O4. The third kappa shape index (κ3) is 1.76. The topological polar surface area (TPSA) is 92.8 Å². The standard InChI is InChI=1S/C10H7FN2O4/c11-8-4-6(13(16)17)3-7(9(8)15)10(1-2-10)12-5-14/h3-4,15H,1-2H2. The van der Waals surface area contributed by atoms with Crippen molar-refractivity contribution in [2.24, 2.45) is 4.99 Å². The highest BCUT2D eigenvalue weighted by Crippen LogP contribution is 2.53. The van der Waals surface area contributed by atoms with Crippen LogP contribution >= 0.6 is 0 Å². The molecular weight excluding hydrogens is 231 g/mol. The SMILES string of the molecule is O=C=NC1(c2cc([N+](=O)[O-])cc(F)c2O)CC1. The first-order chi connectivity index (χ1) is 8.00. The van der Waals surface area contributed by atoms with E-state index in [1.807, 2.05) is 0 Å². The lowest BCUT2D eigenvalue weighted by molar-refractivity contribution is -0.385. The molecule has 0 atom stereocenters. The van der Waals surface area contributed by atoms with Gasteiger partial charge in [0.25, 0.3) is 5.69 Å². The summed E-state index contributed by atoms with van der Waals surface area (Å²) in [4.78, 5) is 23.5. The quantitative estimate of drug-likeness (QED) is 0.376. The Morgan fingerprint density at radius 2 is 2.18 bits per heavy atom. The van der Waals surface area contributed by atoms with E-state index < -0.39 is 27.7 Å². The Hall–Kier alpha value is -2.27. The van der Waals surface area contributed by atoms with Gasteiger partial charge in [-0.25, -0.2) is 9.18 Å². The van der Waals surface area contributed by atoms with Crippen LogP contribution in [0.3, 0.4) is 0 Å². The normalized spacial score (nSPS) is 16.1. The van der Waals surface area contributed by atoms with Gasteiger partial charge in [-0.15, -0.1) is 0 Å². The number of nitro benzene ring substituents is 1. The van der Waals surface area contributed by atoms with Gasteiger partial charge in [-0.05, 0) is 12.8 Å². The molecule has 1 N–H and O–H groups in total. The summed E-state index contributed by atoms with van der Waals surface area (Å²) in [6.07, 6.45) is 2.19. The van der Waals surface area contributed by atoms with Crippen molar-refractivity contribution in [3.63, 3.8) is 0 Å². The summed E-state index contributed by atoms with van der Waals surface area (Å²) in [6.45, 7) is 0. The van der Waals surface area contributed by atoms with Crippen molar-refractivity contribution in [2.45, 2.75) is 18.4 Å². The van der Waals surface area contributed by atoms with Gasteiger partial charge in [0.05, 0.1) is 11.0 Å². The maximum atomic E-state index is 13.3. The third-order valence-electron chi connectivity index (χ3n) is 2.74. The molecule has 1 aromatic rings. The lowest BCUT2D eigenvalue weighted by atomic mass is 10.0. The highest BCUT2D eigenvalue weighted by molar-refractivity contribution is 5.52. The van der Waals surface area contributed by atoms with Gasteiger partial charge in [-0.1, -0.05) is 0 Å². The van der Waals surface area contributed by atoms with Crippen molar-refractivity contribution in [1.29, 1.82) is 0 Å². The van der Waals surface area contributed by atoms with E-state index in [0.29, 0.717) is 18.9 Å². The first kappa shape index (κ1) is 11.2. The smallest absolute Gasteiger partial charge is 0.273 e. The first-order valence-corrected chi connectivity index (χ1v) is 4.76. The molecule has 17 heavy (non-hydrogen) atoms. The Morgan fingerprint density at radius 1 is 1.53 bits per heavy atom. The molecule has 2 rings (SSSR count). The number of hydrogen-bond acceptors (Lipinski definition) is 5. The number of phenols is 1. The number of halogens is 1. The molecule has 88 valence electrons. The second kappa shape index (κ2) is 3.64. The molecule has 1 aliphatic carbocycles. The van der Waals surface area contributed by atoms with Crippen molar-refractivity contribution in [2.75, 3.05) is 0 Å². The van der Waals surface area contributed by atoms with Crippen LogP contribution in [-0.2, 0) is 10.3 Å². The van der Waals surface area contributed by atoms with Crippen molar-refractivity contribution >= 4 is 11.8 Å². The van der Waals surface area contributed by atoms with E-state index in [4.69, 9.17) is 0 Å². The van der Waals surface area contributed by atoms with Crippen molar-refractivity contribution < 1.29 is 19.2 Å². The van der Waals surface area contributed by atoms with Crippen LogP contribution in [0.15, 0.2) is 17.1 Å². The number of aromatic hydroxyl groups is 1. The molecule has 0 aliphatic heterocycles. The van der Waals surface area contributed by atoms with Gasteiger partial charge in [0.1, 0.15) is 5.54 Å². The molecule has 0 spiro atoms. The molecule has 0 heterocycles. The summed E-state index contributed by atoms with van der Waals surface area (Å²) in [6, 6.07) is 1.66. The average Bonchev–Trinajstić information content (AvgIpc) is 3.03. The van der Waals surface area contributed by atoms with Crippen LogP contribution in [0.5, 0.6) is 5.75 Å². The van der Waals surface area contributed by atoms with E-state index in [2.05, 4.69) is 4.99 Å². The Labute approximate surface area is 94.6 Å². The Bertz CT molecular complexity index is 547. The van der Waals surface area contributed by atoms with Gasteiger partial charge in [-0.2, -0.15) is 4.99 Å². The van der Waals surface area contributed by atoms with Crippen LogP contribution < -0.4 is 0 Å². The van der Waals surface area contributed by atoms with Crippen LogP contribution in [0.1, 0.15) is 18.4 Å². The monoisotopic (exact) mass is 238 g/mol. The van der Waals surface area contributed by atoms with Crippen molar-refractivity contribution in [3.8, 4) is 5.75 Å². The Kier molecular flexibility index (Phi) is 2.40. The largest absolute Gasteiger partial charge is 0.505 e. The van der Waals surface area contributed by atoms with Crippen LogP contribution in [0.4, 0.5) is 10.1 Å². The molecule has 1 fully saturated rings. The van der Waals surface area contributed by atoms with E-state index in [1.165, 1.54) is 6.08 Å². The van der Waals surface area contributed by atoms with Gasteiger partial charge < -0.3 is 5.11 Å². The summed E-state index contributed by atoms with van der Waals surface area (Å²) in [5.41, 5.74) is -1.56. The summed E-state index contributed by atoms with van der Waals surface area (Å²) < 4.78 is 13.3. The summed E-state index contributed by atoms with van der Waals surface area (Å²) in [7, 11) is 0. The lowest BCUT2D eigenvalue weighted by Gasteiger charge is -2.10. The van der Waals surface area contributed by atoms with Gasteiger partial charge in [0, 0.05) is 11.6 Å². The van der Waals surface area contributed by atoms with Gasteiger partial charge in [0.2, 0.25) is 6.08 Å². The molecule has 1 saturated carbocycles. The highest BCUT2D eigenvalue weighted by atomic mass is 19.1.